The van der Waals surface area contributed by atoms with E-state index in [1.807, 2.05) is 0 Å². The molecule has 1 saturated carbocycles. The van der Waals surface area contributed by atoms with Crippen molar-refractivity contribution in [1.29, 1.82) is 0 Å². The van der Waals surface area contributed by atoms with E-state index >= 15 is 0 Å². The van der Waals surface area contributed by atoms with Crippen LogP contribution < -0.4 is 5.32 Å². The molecule has 1 fully saturated rings. The first-order valence-corrected chi connectivity index (χ1v) is 5.10. The average Bonchev–Trinajstić information content (AvgIpc) is 2.14. The van der Waals surface area contributed by atoms with Crippen molar-refractivity contribution in [2.24, 2.45) is 11.8 Å². The molecule has 80 valence electrons. The third kappa shape index (κ3) is 3.36. The Balaban J connectivity index is 2.24. The maximum Gasteiger partial charge on any atom is 0.394 e. The van der Waals surface area contributed by atoms with Gasteiger partial charge in [-0.15, -0.1) is 0 Å². The number of aliphatic carboxylic acids is 1. The van der Waals surface area contributed by atoms with Gasteiger partial charge in [-0.25, -0.2) is 4.79 Å². The summed E-state index contributed by atoms with van der Waals surface area (Å²) in [6.07, 6.45) is 4.64. The highest BCUT2D eigenvalue weighted by Gasteiger charge is 2.20. The lowest BCUT2D eigenvalue weighted by Crippen LogP contribution is -2.35. The molecule has 1 rings (SSSR count). The monoisotopic (exact) mass is 199 g/mol. The minimum absolute atomic E-state index is 0.460. The van der Waals surface area contributed by atoms with Crippen molar-refractivity contribution in [2.75, 3.05) is 6.54 Å². The van der Waals surface area contributed by atoms with E-state index in [2.05, 4.69) is 12.2 Å². The third-order valence-electron chi connectivity index (χ3n) is 2.79. The zero-order chi connectivity index (χ0) is 10.6. The number of carboxylic acids is 1. The standard InChI is InChI=1S/C10H17NO3/c1-7-3-2-4-8(5-7)6-11-9(12)10(13)14/h7-8H,2-6H2,1H3,(H,11,12)(H,13,14). The van der Waals surface area contributed by atoms with Crippen molar-refractivity contribution < 1.29 is 14.7 Å². The van der Waals surface area contributed by atoms with Gasteiger partial charge in [0.05, 0.1) is 0 Å². The van der Waals surface area contributed by atoms with Gasteiger partial charge in [0.2, 0.25) is 0 Å². The Labute approximate surface area is 83.7 Å². The molecule has 2 N–H and O–H groups in total. The zero-order valence-corrected chi connectivity index (χ0v) is 8.45. The molecule has 2 unspecified atom stereocenters. The molecule has 0 aliphatic heterocycles. The first-order chi connectivity index (χ1) is 6.59. The maximum absolute atomic E-state index is 10.8. The van der Waals surface area contributed by atoms with Gasteiger partial charge in [0, 0.05) is 6.54 Å². The van der Waals surface area contributed by atoms with Crippen LogP contribution in [0.5, 0.6) is 0 Å². The molecule has 0 aromatic rings. The Morgan fingerprint density at radius 2 is 2.14 bits per heavy atom. The summed E-state index contributed by atoms with van der Waals surface area (Å²) in [7, 11) is 0. The number of rotatable bonds is 2. The SMILES string of the molecule is CC1CCCC(CNC(=O)C(=O)O)C1. The molecule has 14 heavy (non-hydrogen) atoms. The van der Waals surface area contributed by atoms with Crippen LogP contribution in [-0.2, 0) is 9.59 Å². The number of hydrogen-bond acceptors (Lipinski definition) is 2. The van der Waals surface area contributed by atoms with Crippen molar-refractivity contribution in [1.82, 2.24) is 5.32 Å². The van der Waals surface area contributed by atoms with Gasteiger partial charge >= 0.3 is 11.9 Å². The van der Waals surface area contributed by atoms with E-state index in [-0.39, 0.29) is 0 Å². The van der Waals surface area contributed by atoms with E-state index in [0.29, 0.717) is 18.4 Å². The Kier molecular flexibility index (Phi) is 3.92. The van der Waals surface area contributed by atoms with Crippen molar-refractivity contribution in [3.63, 3.8) is 0 Å². The zero-order valence-electron chi connectivity index (χ0n) is 8.45. The topological polar surface area (TPSA) is 66.4 Å². The fraction of sp³-hybridized carbons (Fsp3) is 0.800. The molecule has 1 amide bonds. The first kappa shape index (κ1) is 11.0. The molecule has 0 spiro atoms. The Hall–Kier alpha value is -1.06. The van der Waals surface area contributed by atoms with Crippen molar-refractivity contribution in [2.45, 2.75) is 32.6 Å². The van der Waals surface area contributed by atoms with Crippen LogP contribution in [0.1, 0.15) is 32.6 Å². The summed E-state index contributed by atoms with van der Waals surface area (Å²) in [5.74, 6) is -1.12. The Morgan fingerprint density at radius 3 is 2.71 bits per heavy atom. The van der Waals surface area contributed by atoms with Crippen LogP contribution in [0.25, 0.3) is 0 Å². The maximum atomic E-state index is 10.8. The molecule has 0 bridgehead atoms. The molecule has 1 aliphatic rings. The summed E-state index contributed by atoms with van der Waals surface area (Å²) >= 11 is 0. The van der Waals surface area contributed by atoms with Gasteiger partial charge in [-0.05, 0) is 24.7 Å². The van der Waals surface area contributed by atoms with Gasteiger partial charge in [0.1, 0.15) is 0 Å². The lowest BCUT2D eigenvalue weighted by Gasteiger charge is -2.26. The largest absolute Gasteiger partial charge is 0.474 e. The lowest BCUT2D eigenvalue weighted by molar-refractivity contribution is -0.150. The van der Waals surface area contributed by atoms with E-state index in [1.54, 1.807) is 0 Å². The Morgan fingerprint density at radius 1 is 1.43 bits per heavy atom. The molecular weight excluding hydrogens is 182 g/mol. The van der Waals surface area contributed by atoms with E-state index in [4.69, 9.17) is 5.11 Å². The Bertz CT molecular complexity index is 227. The number of carbonyl (C=O) groups is 2. The second kappa shape index (κ2) is 4.98. The molecule has 1 aliphatic carbocycles. The number of nitrogens with one attached hydrogen (secondary N) is 1. The van der Waals surface area contributed by atoms with Crippen molar-refractivity contribution >= 4 is 11.9 Å². The van der Waals surface area contributed by atoms with Gasteiger partial charge < -0.3 is 10.4 Å². The van der Waals surface area contributed by atoms with Crippen molar-refractivity contribution in [3.8, 4) is 0 Å². The third-order valence-corrected chi connectivity index (χ3v) is 2.79. The highest BCUT2D eigenvalue weighted by Crippen LogP contribution is 2.27. The number of carbonyl (C=O) groups excluding carboxylic acids is 1. The van der Waals surface area contributed by atoms with E-state index < -0.39 is 11.9 Å². The molecule has 2 atom stereocenters. The molecule has 0 saturated heterocycles. The van der Waals surface area contributed by atoms with Crippen molar-refractivity contribution in [3.05, 3.63) is 0 Å². The predicted molar refractivity (Wildman–Crippen MR) is 51.8 cm³/mol. The van der Waals surface area contributed by atoms with Crippen LogP contribution in [-0.4, -0.2) is 23.5 Å². The van der Waals surface area contributed by atoms with E-state index in [0.717, 1.165) is 12.8 Å². The number of carboxylic acid groups (broad SMARTS) is 1. The minimum Gasteiger partial charge on any atom is -0.474 e. The van der Waals surface area contributed by atoms with Crippen LogP contribution in [0.4, 0.5) is 0 Å². The second-order valence-corrected chi connectivity index (χ2v) is 4.15. The summed E-state index contributed by atoms with van der Waals surface area (Å²) in [4.78, 5) is 21.0. The average molecular weight is 199 g/mol. The molecule has 0 aromatic heterocycles. The molecular formula is C10H17NO3. The summed E-state index contributed by atoms with van der Waals surface area (Å²) in [5, 5.41) is 10.8. The molecule has 0 aromatic carbocycles. The van der Waals surface area contributed by atoms with E-state index in [1.165, 1.54) is 12.8 Å². The quantitative estimate of drug-likeness (QED) is 0.652. The predicted octanol–water partition coefficient (Wildman–Crippen LogP) is 1.01. The molecule has 0 radical (unpaired) electrons. The normalized spacial score (nSPS) is 26.9. The summed E-state index contributed by atoms with van der Waals surface area (Å²) in [6.45, 7) is 2.71. The van der Waals surface area contributed by atoms with Crippen LogP contribution in [0.3, 0.4) is 0 Å². The summed E-state index contributed by atoms with van der Waals surface area (Å²) in [6, 6.07) is 0. The van der Waals surface area contributed by atoms with Crippen LogP contribution in [0.2, 0.25) is 0 Å². The summed E-state index contributed by atoms with van der Waals surface area (Å²) < 4.78 is 0. The summed E-state index contributed by atoms with van der Waals surface area (Å²) in [5.41, 5.74) is 0. The number of amides is 1. The van der Waals surface area contributed by atoms with Crippen LogP contribution in [0, 0.1) is 11.8 Å². The van der Waals surface area contributed by atoms with Gasteiger partial charge in [-0.2, -0.15) is 0 Å². The minimum atomic E-state index is -1.39. The van der Waals surface area contributed by atoms with E-state index in [9.17, 15) is 9.59 Å². The highest BCUT2D eigenvalue weighted by atomic mass is 16.4. The highest BCUT2D eigenvalue weighted by molar-refractivity contribution is 6.31. The first-order valence-electron chi connectivity index (χ1n) is 5.10. The lowest BCUT2D eigenvalue weighted by atomic mass is 9.82. The van der Waals surface area contributed by atoms with Gasteiger partial charge in [0.15, 0.2) is 0 Å². The fourth-order valence-corrected chi connectivity index (χ4v) is 2.06. The van der Waals surface area contributed by atoms with Gasteiger partial charge in [-0.1, -0.05) is 19.8 Å². The number of hydrogen-bond donors (Lipinski definition) is 2. The smallest absolute Gasteiger partial charge is 0.394 e. The molecule has 4 nitrogen and oxygen atoms in total. The second-order valence-electron chi connectivity index (χ2n) is 4.15. The van der Waals surface area contributed by atoms with Crippen LogP contribution in [0.15, 0.2) is 0 Å². The van der Waals surface area contributed by atoms with Gasteiger partial charge in [-0.3, -0.25) is 4.79 Å². The van der Waals surface area contributed by atoms with Gasteiger partial charge in [0.25, 0.3) is 0 Å². The molecule has 4 heteroatoms. The molecule has 0 heterocycles. The fourth-order valence-electron chi connectivity index (χ4n) is 2.06. The van der Waals surface area contributed by atoms with Crippen LogP contribution >= 0.6 is 0 Å².